The van der Waals surface area contributed by atoms with Crippen molar-refractivity contribution >= 4 is 46.6 Å². The van der Waals surface area contributed by atoms with Crippen LogP contribution in [0.3, 0.4) is 0 Å². The lowest BCUT2D eigenvalue weighted by Gasteiger charge is -2.14. The maximum absolute atomic E-state index is 12.3. The summed E-state index contributed by atoms with van der Waals surface area (Å²) in [5.74, 6) is 0.373. The fourth-order valence-electron chi connectivity index (χ4n) is 2.19. The second kappa shape index (κ2) is 9.50. The quantitative estimate of drug-likeness (QED) is 0.734. The van der Waals surface area contributed by atoms with Crippen LogP contribution >= 0.6 is 23.4 Å². The van der Waals surface area contributed by atoms with Gasteiger partial charge in [0.15, 0.2) is 0 Å². The van der Waals surface area contributed by atoms with Crippen LogP contribution in [-0.4, -0.2) is 29.9 Å². The molecule has 26 heavy (non-hydrogen) atoms. The third-order valence-electron chi connectivity index (χ3n) is 3.74. The van der Waals surface area contributed by atoms with Crippen LogP contribution < -0.4 is 15.4 Å². The average molecular weight is 393 g/mol. The molecule has 138 valence electrons. The molecule has 0 aliphatic heterocycles. The topological polar surface area (TPSA) is 67.4 Å². The summed E-state index contributed by atoms with van der Waals surface area (Å²) in [4.78, 5) is 24.4. The van der Waals surface area contributed by atoms with Gasteiger partial charge < -0.3 is 15.4 Å². The molecule has 2 rings (SSSR count). The number of nitrogens with one attached hydrogen (secondary N) is 2. The highest BCUT2D eigenvalue weighted by Crippen LogP contribution is 2.25. The Morgan fingerprint density at radius 1 is 1.12 bits per heavy atom. The number of carbonyl (C=O) groups is 2. The van der Waals surface area contributed by atoms with Gasteiger partial charge in [0.05, 0.1) is 23.8 Å². The lowest BCUT2D eigenvalue weighted by Crippen LogP contribution is -2.25. The van der Waals surface area contributed by atoms with Crippen molar-refractivity contribution in [1.82, 2.24) is 0 Å². The van der Waals surface area contributed by atoms with E-state index in [1.54, 1.807) is 44.4 Å². The molecular weight excluding hydrogens is 372 g/mol. The van der Waals surface area contributed by atoms with E-state index in [1.165, 1.54) is 11.8 Å². The number of carbonyl (C=O) groups excluding carboxylic acids is 2. The van der Waals surface area contributed by atoms with E-state index < -0.39 is 5.25 Å². The molecule has 0 unspecified atom stereocenters. The van der Waals surface area contributed by atoms with Crippen LogP contribution in [0.5, 0.6) is 5.75 Å². The first-order valence-corrected chi connectivity index (χ1v) is 9.45. The summed E-state index contributed by atoms with van der Waals surface area (Å²) in [6.45, 7) is 3.60. The standard InChI is InChI=1S/C19H21ClN2O3S/c1-12-14(20)7-6-9-15(12)22-19(24)13(2)26-11-18(23)21-16-8-4-5-10-17(16)25-3/h4-10,13H,11H2,1-3H3,(H,21,23)(H,22,24)/t13-/m0/s1. The number of hydrogen-bond acceptors (Lipinski definition) is 4. The van der Waals surface area contributed by atoms with E-state index in [4.69, 9.17) is 16.3 Å². The first-order chi connectivity index (χ1) is 12.4. The first kappa shape index (κ1) is 20.1. The number of halogens is 1. The molecule has 0 spiro atoms. The number of hydrogen-bond donors (Lipinski definition) is 2. The Kier molecular flexibility index (Phi) is 7.36. The molecular formula is C19H21ClN2O3S. The van der Waals surface area contributed by atoms with Gasteiger partial charge in [0.25, 0.3) is 0 Å². The average Bonchev–Trinajstić information content (AvgIpc) is 2.63. The molecule has 0 bridgehead atoms. The Morgan fingerprint density at radius 2 is 1.81 bits per heavy atom. The van der Waals surface area contributed by atoms with E-state index in [0.29, 0.717) is 22.1 Å². The molecule has 0 fully saturated rings. The number of benzene rings is 2. The Labute approximate surface area is 162 Å². The van der Waals surface area contributed by atoms with Crippen LogP contribution in [0, 0.1) is 6.92 Å². The van der Waals surface area contributed by atoms with E-state index in [2.05, 4.69) is 10.6 Å². The number of methoxy groups -OCH3 is 1. The van der Waals surface area contributed by atoms with Crippen molar-refractivity contribution in [3.8, 4) is 5.75 Å². The smallest absolute Gasteiger partial charge is 0.237 e. The van der Waals surface area contributed by atoms with Crippen LogP contribution in [0.15, 0.2) is 42.5 Å². The molecule has 0 aliphatic carbocycles. The van der Waals surface area contributed by atoms with Gasteiger partial charge in [0, 0.05) is 10.7 Å². The van der Waals surface area contributed by atoms with Crippen LogP contribution in [0.25, 0.3) is 0 Å². The summed E-state index contributed by atoms with van der Waals surface area (Å²) in [6, 6.07) is 12.5. The molecule has 2 amide bonds. The minimum absolute atomic E-state index is 0.154. The van der Waals surface area contributed by atoms with Gasteiger partial charge in [0.2, 0.25) is 11.8 Å². The highest BCUT2D eigenvalue weighted by atomic mass is 35.5. The second-order valence-electron chi connectivity index (χ2n) is 5.60. The Morgan fingerprint density at radius 3 is 2.54 bits per heavy atom. The summed E-state index contributed by atoms with van der Waals surface area (Å²) >= 11 is 7.32. The van der Waals surface area contributed by atoms with Gasteiger partial charge in [-0.1, -0.05) is 29.8 Å². The van der Waals surface area contributed by atoms with Gasteiger partial charge in [-0.25, -0.2) is 0 Å². The lowest BCUT2D eigenvalue weighted by atomic mass is 10.2. The molecule has 0 heterocycles. The molecule has 0 aromatic heterocycles. The minimum Gasteiger partial charge on any atom is -0.495 e. The molecule has 5 nitrogen and oxygen atoms in total. The number of amides is 2. The molecule has 0 saturated carbocycles. The molecule has 0 radical (unpaired) electrons. The molecule has 1 atom stereocenters. The predicted octanol–water partition coefficient (Wildman–Crippen LogP) is 4.36. The van der Waals surface area contributed by atoms with E-state index >= 15 is 0 Å². The molecule has 7 heteroatoms. The van der Waals surface area contributed by atoms with Crippen molar-refractivity contribution in [1.29, 1.82) is 0 Å². The number of ether oxygens (including phenoxy) is 1. The number of anilines is 2. The zero-order chi connectivity index (χ0) is 19.1. The van der Waals surface area contributed by atoms with E-state index in [1.807, 2.05) is 19.1 Å². The monoisotopic (exact) mass is 392 g/mol. The maximum atomic E-state index is 12.3. The maximum Gasteiger partial charge on any atom is 0.237 e. The van der Waals surface area contributed by atoms with Crippen LogP contribution in [-0.2, 0) is 9.59 Å². The highest BCUT2D eigenvalue weighted by molar-refractivity contribution is 8.01. The molecule has 0 aliphatic rings. The molecule has 2 aromatic rings. The SMILES string of the molecule is COc1ccccc1NC(=O)CS[C@@H](C)C(=O)Nc1cccc(Cl)c1C. The number of thioether (sulfide) groups is 1. The fourth-order valence-corrected chi connectivity index (χ4v) is 3.05. The lowest BCUT2D eigenvalue weighted by molar-refractivity contribution is -0.115. The Hall–Kier alpha value is -2.18. The van der Waals surface area contributed by atoms with E-state index in [9.17, 15) is 9.59 Å². The summed E-state index contributed by atoms with van der Waals surface area (Å²) < 4.78 is 5.20. The number of para-hydroxylation sites is 2. The Balaban J connectivity index is 1.87. The number of rotatable bonds is 7. The molecule has 0 saturated heterocycles. The minimum atomic E-state index is -0.392. The van der Waals surface area contributed by atoms with E-state index in [-0.39, 0.29) is 17.6 Å². The second-order valence-corrected chi connectivity index (χ2v) is 7.34. The van der Waals surface area contributed by atoms with Crippen molar-refractivity contribution in [3.05, 3.63) is 53.1 Å². The van der Waals surface area contributed by atoms with Crippen molar-refractivity contribution < 1.29 is 14.3 Å². The molecule has 2 aromatic carbocycles. The van der Waals surface area contributed by atoms with Crippen LogP contribution in [0.4, 0.5) is 11.4 Å². The van der Waals surface area contributed by atoms with Gasteiger partial charge in [-0.15, -0.1) is 11.8 Å². The van der Waals surface area contributed by atoms with Gasteiger partial charge in [0.1, 0.15) is 5.75 Å². The van der Waals surface area contributed by atoms with E-state index in [0.717, 1.165) is 5.56 Å². The third kappa shape index (κ3) is 5.41. The van der Waals surface area contributed by atoms with Gasteiger partial charge in [-0.05, 0) is 43.7 Å². The summed E-state index contributed by atoms with van der Waals surface area (Å²) in [5, 5.41) is 5.84. The van der Waals surface area contributed by atoms with Gasteiger partial charge in [-0.3, -0.25) is 9.59 Å². The first-order valence-electron chi connectivity index (χ1n) is 8.02. The van der Waals surface area contributed by atoms with Crippen LogP contribution in [0.1, 0.15) is 12.5 Å². The van der Waals surface area contributed by atoms with Crippen LogP contribution in [0.2, 0.25) is 5.02 Å². The summed E-state index contributed by atoms with van der Waals surface area (Å²) in [7, 11) is 1.55. The molecule has 2 N–H and O–H groups in total. The largest absolute Gasteiger partial charge is 0.495 e. The van der Waals surface area contributed by atoms with Crippen molar-refractivity contribution in [3.63, 3.8) is 0 Å². The zero-order valence-corrected chi connectivity index (χ0v) is 16.4. The third-order valence-corrected chi connectivity index (χ3v) is 5.29. The van der Waals surface area contributed by atoms with Crippen molar-refractivity contribution in [2.75, 3.05) is 23.5 Å². The van der Waals surface area contributed by atoms with Crippen molar-refractivity contribution in [2.24, 2.45) is 0 Å². The normalized spacial score (nSPS) is 11.5. The highest BCUT2D eigenvalue weighted by Gasteiger charge is 2.17. The predicted molar refractivity (Wildman–Crippen MR) is 108 cm³/mol. The van der Waals surface area contributed by atoms with Gasteiger partial charge in [-0.2, -0.15) is 0 Å². The van der Waals surface area contributed by atoms with Gasteiger partial charge >= 0.3 is 0 Å². The van der Waals surface area contributed by atoms with Crippen molar-refractivity contribution in [2.45, 2.75) is 19.1 Å². The summed E-state index contributed by atoms with van der Waals surface area (Å²) in [5.41, 5.74) is 2.09. The zero-order valence-electron chi connectivity index (χ0n) is 14.8. The summed E-state index contributed by atoms with van der Waals surface area (Å²) in [6.07, 6.45) is 0. The Bertz CT molecular complexity index is 798. The fraction of sp³-hybridized carbons (Fsp3) is 0.263.